The maximum absolute atomic E-state index is 12.4. The molecule has 0 aliphatic heterocycles. The van der Waals surface area contributed by atoms with E-state index in [1.807, 2.05) is 30.3 Å². The van der Waals surface area contributed by atoms with Gasteiger partial charge >= 0.3 is 0 Å². The van der Waals surface area contributed by atoms with E-state index in [9.17, 15) is 4.79 Å². The molecule has 0 saturated heterocycles. The van der Waals surface area contributed by atoms with Crippen LogP contribution in [0.15, 0.2) is 59.3 Å². The lowest BCUT2D eigenvalue weighted by Gasteiger charge is -2.23. The smallest absolute Gasteiger partial charge is 0.222 e. The van der Waals surface area contributed by atoms with Gasteiger partial charge in [-0.3, -0.25) is 4.79 Å². The van der Waals surface area contributed by atoms with Crippen LogP contribution >= 0.6 is 0 Å². The number of hydrogen-bond donors (Lipinski definition) is 1. The summed E-state index contributed by atoms with van der Waals surface area (Å²) in [5, 5.41) is 3.21. The third kappa shape index (κ3) is 3.45. The van der Waals surface area contributed by atoms with Crippen LogP contribution in [0.3, 0.4) is 0 Å². The molecule has 0 unspecified atom stereocenters. The zero-order valence-electron chi connectivity index (χ0n) is 13.8. The van der Waals surface area contributed by atoms with Crippen molar-refractivity contribution >= 4 is 11.7 Å². The number of aromatic nitrogens is 2. The van der Waals surface area contributed by atoms with Gasteiger partial charge in [-0.05, 0) is 30.0 Å². The molecule has 0 amide bonds. The molecule has 2 aromatic heterocycles. The van der Waals surface area contributed by atoms with Crippen molar-refractivity contribution in [1.82, 2.24) is 9.97 Å². The van der Waals surface area contributed by atoms with Gasteiger partial charge in [-0.2, -0.15) is 0 Å². The average Bonchev–Trinajstić information content (AvgIpc) is 3.16. The molecular weight excluding hydrogens is 314 g/mol. The second-order valence-corrected chi connectivity index (χ2v) is 6.25. The Morgan fingerprint density at radius 1 is 1.12 bits per heavy atom. The van der Waals surface area contributed by atoms with Crippen molar-refractivity contribution in [2.24, 2.45) is 0 Å². The lowest BCUT2D eigenvalue weighted by molar-refractivity contribution is 0.0962. The molecule has 25 heavy (non-hydrogen) atoms. The number of hydrogen-bond acceptors (Lipinski definition) is 5. The summed E-state index contributed by atoms with van der Waals surface area (Å²) in [6, 6.07) is 14.0. The third-order valence-corrected chi connectivity index (χ3v) is 4.55. The fourth-order valence-electron chi connectivity index (χ4n) is 3.24. The molecule has 3 aromatic rings. The second-order valence-electron chi connectivity index (χ2n) is 6.25. The van der Waals surface area contributed by atoms with Crippen LogP contribution in [-0.2, 0) is 12.8 Å². The van der Waals surface area contributed by atoms with Crippen molar-refractivity contribution in [3.05, 3.63) is 77.5 Å². The van der Waals surface area contributed by atoms with Crippen LogP contribution in [0.1, 0.15) is 39.7 Å². The third-order valence-electron chi connectivity index (χ3n) is 4.55. The van der Waals surface area contributed by atoms with Gasteiger partial charge in [0, 0.05) is 25.6 Å². The largest absolute Gasteiger partial charge is 0.469 e. The Morgan fingerprint density at radius 3 is 2.80 bits per heavy atom. The van der Waals surface area contributed by atoms with Gasteiger partial charge in [-0.1, -0.05) is 30.3 Å². The molecule has 1 aliphatic rings. The highest BCUT2D eigenvalue weighted by Gasteiger charge is 2.27. The highest BCUT2D eigenvalue weighted by atomic mass is 16.3. The van der Waals surface area contributed by atoms with Gasteiger partial charge in [0.1, 0.15) is 5.76 Å². The summed E-state index contributed by atoms with van der Waals surface area (Å²) >= 11 is 0. The van der Waals surface area contributed by atoms with Gasteiger partial charge in [0.2, 0.25) is 5.95 Å². The summed E-state index contributed by atoms with van der Waals surface area (Å²) in [5.41, 5.74) is 2.68. The van der Waals surface area contributed by atoms with E-state index >= 15 is 0 Å². The van der Waals surface area contributed by atoms with E-state index in [2.05, 4.69) is 27.4 Å². The summed E-state index contributed by atoms with van der Waals surface area (Å²) in [6.45, 7) is 0.683. The number of carbonyl (C=O) groups excluding carboxylic acids is 1. The van der Waals surface area contributed by atoms with Crippen molar-refractivity contribution in [2.45, 2.75) is 25.2 Å². The molecule has 2 heterocycles. The number of ketones is 1. The fourth-order valence-corrected chi connectivity index (χ4v) is 3.24. The van der Waals surface area contributed by atoms with Crippen LogP contribution in [-0.4, -0.2) is 22.3 Å². The van der Waals surface area contributed by atoms with E-state index < -0.39 is 0 Å². The first-order valence-corrected chi connectivity index (χ1v) is 8.50. The van der Waals surface area contributed by atoms with Crippen molar-refractivity contribution in [3.8, 4) is 0 Å². The number of anilines is 1. The van der Waals surface area contributed by atoms with Crippen molar-refractivity contribution in [1.29, 1.82) is 0 Å². The Kier molecular flexibility index (Phi) is 4.29. The van der Waals surface area contributed by atoms with E-state index in [4.69, 9.17) is 4.42 Å². The van der Waals surface area contributed by atoms with E-state index in [-0.39, 0.29) is 11.7 Å². The number of benzene rings is 1. The van der Waals surface area contributed by atoms with Gasteiger partial charge in [0.15, 0.2) is 5.78 Å². The zero-order chi connectivity index (χ0) is 17.1. The highest BCUT2D eigenvalue weighted by molar-refractivity contribution is 5.98. The number of rotatable bonds is 5. The molecule has 0 saturated carbocycles. The van der Waals surface area contributed by atoms with E-state index in [0.29, 0.717) is 24.5 Å². The minimum absolute atomic E-state index is 0.122. The lowest BCUT2D eigenvalue weighted by Crippen LogP contribution is -2.21. The maximum atomic E-state index is 12.4. The monoisotopic (exact) mass is 333 g/mol. The molecule has 4 rings (SSSR count). The predicted molar refractivity (Wildman–Crippen MR) is 94.8 cm³/mol. The van der Waals surface area contributed by atoms with E-state index in [1.54, 1.807) is 12.5 Å². The summed E-state index contributed by atoms with van der Waals surface area (Å²) < 4.78 is 5.31. The van der Waals surface area contributed by atoms with Crippen molar-refractivity contribution in [3.63, 3.8) is 0 Å². The quantitative estimate of drug-likeness (QED) is 0.772. The molecule has 1 atom stereocenters. The molecule has 1 N–H and O–H groups in total. The Hall–Kier alpha value is -2.95. The number of furan rings is 1. The van der Waals surface area contributed by atoms with Crippen LogP contribution < -0.4 is 5.32 Å². The topological polar surface area (TPSA) is 68.0 Å². The number of nitrogens with zero attached hydrogens (tertiary/aromatic N) is 2. The fraction of sp³-hybridized carbons (Fsp3) is 0.250. The Labute approximate surface area is 146 Å². The van der Waals surface area contributed by atoms with Crippen LogP contribution in [0.25, 0.3) is 0 Å². The number of fused-ring (bicyclic) bond motifs is 1. The van der Waals surface area contributed by atoms with Crippen LogP contribution in [0.5, 0.6) is 0 Å². The van der Waals surface area contributed by atoms with Crippen LogP contribution in [0, 0.1) is 0 Å². The first kappa shape index (κ1) is 15.6. The number of Topliss-reactive ketones (excluding diaryl/α,β-unsaturated/α-hetero) is 1. The summed E-state index contributed by atoms with van der Waals surface area (Å²) in [5.74, 6) is 1.79. The number of nitrogens with one attached hydrogen (secondary N) is 1. The van der Waals surface area contributed by atoms with E-state index in [1.165, 1.54) is 5.56 Å². The van der Waals surface area contributed by atoms with Crippen molar-refractivity contribution in [2.75, 3.05) is 11.9 Å². The van der Waals surface area contributed by atoms with Gasteiger partial charge < -0.3 is 9.73 Å². The molecule has 126 valence electrons. The molecule has 0 spiro atoms. The second kappa shape index (κ2) is 6.89. The van der Waals surface area contributed by atoms with E-state index in [0.717, 1.165) is 24.3 Å². The zero-order valence-corrected chi connectivity index (χ0v) is 13.8. The van der Waals surface area contributed by atoms with Gasteiger partial charge in [-0.25, -0.2) is 9.97 Å². The molecule has 1 aliphatic carbocycles. The van der Waals surface area contributed by atoms with Gasteiger partial charge in [-0.15, -0.1) is 0 Å². The van der Waals surface area contributed by atoms with Crippen LogP contribution in [0.2, 0.25) is 0 Å². The minimum Gasteiger partial charge on any atom is -0.469 e. The molecule has 1 aromatic carbocycles. The molecule has 0 radical (unpaired) electrons. The van der Waals surface area contributed by atoms with Crippen molar-refractivity contribution < 1.29 is 9.21 Å². The van der Waals surface area contributed by atoms with Gasteiger partial charge in [0.25, 0.3) is 0 Å². The first-order valence-electron chi connectivity index (χ1n) is 8.50. The molecule has 0 fully saturated rings. The SMILES string of the molecule is O=C1C[C@@H](c2ccccc2)Cc2nc(NCCc3ccco3)ncc21. The Balaban J connectivity index is 1.48. The normalized spacial score (nSPS) is 16.5. The Morgan fingerprint density at radius 2 is 2.00 bits per heavy atom. The molecule has 5 nitrogen and oxygen atoms in total. The molecule has 5 heteroatoms. The minimum atomic E-state index is 0.122. The van der Waals surface area contributed by atoms with Gasteiger partial charge in [0.05, 0.1) is 17.5 Å². The average molecular weight is 333 g/mol. The summed E-state index contributed by atoms with van der Waals surface area (Å²) in [4.78, 5) is 21.3. The standard InChI is InChI=1S/C20H19N3O2/c24-19-12-15(14-5-2-1-3-6-14)11-18-17(19)13-22-20(23-18)21-9-8-16-7-4-10-25-16/h1-7,10,13,15H,8-9,11-12H2,(H,21,22,23)/t15-/m0/s1. The molecule has 0 bridgehead atoms. The number of carbonyl (C=O) groups is 1. The predicted octanol–water partition coefficient (Wildman–Crippen LogP) is 3.64. The highest BCUT2D eigenvalue weighted by Crippen LogP contribution is 2.31. The van der Waals surface area contributed by atoms with Crippen LogP contribution in [0.4, 0.5) is 5.95 Å². The molecular formula is C20H19N3O2. The maximum Gasteiger partial charge on any atom is 0.222 e. The summed E-state index contributed by atoms with van der Waals surface area (Å²) in [6.07, 6.45) is 5.37. The lowest BCUT2D eigenvalue weighted by atomic mass is 9.82. The summed E-state index contributed by atoms with van der Waals surface area (Å²) in [7, 11) is 0. The Bertz CT molecular complexity index is 860. The first-order chi connectivity index (χ1) is 12.3.